The molecule has 1 unspecified atom stereocenters. The minimum absolute atomic E-state index is 0.517. The van der Waals surface area contributed by atoms with E-state index in [0.29, 0.717) is 6.04 Å². The number of aromatic nitrogens is 4. The highest BCUT2D eigenvalue weighted by molar-refractivity contribution is 5.51. The fourth-order valence-electron chi connectivity index (χ4n) is 2.13. The minimum Gasteiger partial charge on any atom is -0.361 e. The Bertz CT molecular complexity index is 497. The van der Waals surface area contributed by atoms with E-state index in [9.17, 15) is 0 Å². The summed E-state index contributed by atoms with van der Waals surface area (Å²) in [6.07, 6.45) is 4.37. The van der Waals surface area contributed by atoms with Crippen molar-refractivity contribution in [2.24, 2.45) is 0 Å². The van der Waals surface area contributed by atoms with Crippen LogP contribution in [0.1, 0.15) is 18.6 Å². The SMILES string of the molecule is Cc1cc(-c2cn(CC3CCCN3)nn2)no1. The van der Waals surface area contributed by atoms with Crippen molar-refractivity contribution in [2.75, 3.05) is 6.54 Å². The van der Waals surface area contributed by atoms with Crippen molar-refractivity contribution in [3.8, 4) is 11.4 Å². The Kier molecular flexibility index (Phi) is 2.64. The fraction of sp³-hybridized carbons (Fsp3) is 0.545. The summed E-state index contributed by atoms with van der Waals surface area (Å²) in [6.45, 7) is 3.84. The molecule has 3 rings (SSSR count). The molecule has 2 aromatic heterocycles. The summed E-state index contributed by atoms with van der Waals surface area (Å²) in [5.74, 6) is 0.784. The number of aryl methyl sites for hydroxylation is 1. The summed E-state index contributed by atoms with van der Waals surface area (Å²) in [5.41, 5.74) is 1.51. The van der Waals surface area contributed by atoms with Crippen molar-refractivity contribution < 1.29 is 4.52 Å². The van der Waals surface area contributed by atoms with E-state index in [4.69, 9.17) is 4.52 Å². The van der Waals surface area contributed by atoms with E-state index in [0.717, 1.165) is 30.2 Å². The van der Waals surface area contributed by atoms with Crippen LogP contribution in [-0.2, 0) is 6.54 Å². The highest BCUT2D eigenvalue weighted by atomic mass is 16.5. The third kappa shape index (κ3) is 2.21. The van der Waals surface area contributed by atoms with Crippen LogP contribution in [0, 0.1) is 6.92 Å². The first-order chi connectivity index (χ1) is 8.31. The molecule has 0 amide bonds. The smallest absolute Gasteiger partial charge is 0.136 e. The van der Waals surface area contributed by atoms with Crippen molar-refractivity contribution in [1.82, 2.24) is 25.5 Å². The lowest BCUT2D eigenvalue weighted by atomic mass is 10.2. The Hall–Kier alpha value is -1.69. The average Bonchev–Trinajstić information content (AvgIpc) is 2.99. The van der Waals surface area contributed by atoms with Gasteiger partial charge in [-0.05, 0) is 26.3 Å². The quantitative estimate of drug-likeness (QED) is 0.856. The highest BCUT2D eigenvalue weighted by Gasteiger charge is 2.16. The first kappa shape index (κ1) is 10.5. The van der Waals surface area contributed by atoms with E-state index in [-0.39, 0.29) is 0 Å². The number of nitrogens with one attached hydrogen (secondary N) is 1. The van der Waals surface area contributed by atoms with Crippen LogP contribution in [0.15, 0.2) is 16.8 Å². The largest absolute Gasteiger partial charge is 0.361 e. The van der Waals surface area contributed by atoms with Gasteiger partial charge in [-0.3, -0.25) is 4.68 Å². The van der Waals surface area contributed by atoms with Crippen LogP contribution in [0.5, 0.6) is 0 Å². The molecule has 1 atom stereocenters. The Labute approximate surface area is 99.0 Å². The van der Waals surface area contributed by atoms with Gasteiger partial charge in [0.2, 0.25) is 0 Å². The van der Waals surface area contributed by atoms with Crippen molar-refractivity contribution in [3.05, 3.63) is 18.0 Å². The molecule has 1 aliphatic heterocycles. The topological polar surface area (TPSA) is 68.8 Å². The van der Waals surface area contributed by atoms with Crippen LogP contribution in [0.25, 0.3) is 11.4 Å². The molecule has 6 nitrogen and oxygen atoms in total. The second kappa shape index (κ2) is 4.29. The Morgan fingerprint density at radius 1 is 1.53 bits per heavy atom. The number of rotatable bonds is 3. The Morgan fingerprint density at radius 3 is 3.18 bits per heavy atom. The van der Waals surface area contributed by atoms with Crippen molar-refractivity contribution >= 4 is 0 Å². The lowest BCUT2D eigenvalue weighted by Crippen LogP contribution is -2.26. The van der Waals surface area contributed by atoms with E-state index in [1.165, 1.54) is 12.8 Å². The van der Waals surface area contributed by atoms with Gasteiger partial charge in [-0.15, -0.1) is 5.10 Å². The van der Waals surface area contributed by atoms with Crippen molar-refractivity contribution in [3.63, 3.8) is 0 Å². The van der Waals surface area contributed by atoms with Gasteiger partial charge in [-0.1, -0.05) is 10.4 Å². The molecule has 3 heterocycles. The summed E-state index contributed by atoms with van der Waals surface area (Å²) < 4.78 is 6.89. The van der Waals surface area contributed by atoms with Gasteiger partial charge < -0.3 is 9.84 Å². The van der Waals surface area contributed by atoms with E-state index in [1.54, 1.807) is 0 Å². The number of nitrogens with zero attached hydrogens (tertiary/aromatic N) is 4. The average molecular weight is 233 g/mol. The lowest BCUT2D eigenvalue weighted by molar-refractivity contribution is 0.399. The summed E-state index contributed by atoms with van der Waals surface area (Å²) >= 11 is 0. The molecule has 0 spiro atoms. The molecule has 0 bridgehead atoms. The number of hydrogen-bond donors (Lipinski definition) is 1. The molecule has 0 aliphatic carbocycles. The van der Waals surface area contributed by atoms with Gasteiger partial charge in [0.15, 0.2) is 0 Å². The normalized spacial score (nSPS) is 19.9. The molecule has 1 saturated heterocycles. The van der Waals surface area contributed by atoms with E-state index in [2.05, 4.69) is 20.8 Å². The fourth-order valence-corrected chi connectivity index (χ4v) is 2.13. The van der Waals surface area contributed by atoms with Gasteiger partial charge in [0.1, 0.15) is 17.1 Å². The Balaban J connectivity index is 1.73. The molecule has 0 saturated carbocycles. The molecule has 1 N–H and O–H groups in total. The zero-order valence-corrected chi connectivity index (χ0v) is 9.76. The van der Waals surface area contributed by atoms with Crippen LogP contribution >= 0.6 is 0 Å². The van der Waals surface area contributed by atoms with Crippen LogP contribution in [0.3, 0.4) is 0 Å². The molecule has 1 fully saturated rings. The first-order valence-electron chi connectivity index (χ1n) is 5.88. The van der Waals surface area contributed by atoms with Crippen molar-refractivity contribution in [1.29, 1.82) is 0 Å². The maximum atomic E-state index is 5.02. The van der Waals surface area contributed by atoms with E-state index >= 15 is 0 Å². The van der Waals surface area contributed by atoms with Crippen LogP contribution in [0.4, 0.5) is 0 Å². The first-order valence-corrected chi connectivity index (χ1v) is 5.88. The molecular weight excluding hydrogens is 218 g/mol. The molecule has 17 heavy (non-hydrogen) atoms. The van der Waals surface area contributed by atoms with Gasteiger partial charge in [0.25, 0.3) is 0 Å². The van der Waals surface area contributed by atoms with Gasteiger partial charge in [-0.25, -0.2) is 0 Å². The molecular formula is C11H15N5O. The summed E-state index contributed by atoms with van der Waals surface area (Å²) in [6, 6.07) is 2.38. The maximum absolute atomic E-state index is 5.02. The van der Waals surface area contributed by atoms with Crippen LogP contribution < -0.4 is 5.32 Å². The molecule has 0 aromatic carbocycles. The standard InChI is InChI=1S/C11H15N5O/c1-8-5-10(14-17-8)11-7-16(15-13-11)6-9-3-2-4-12-9/h5,7,9,12H,2-4,6H2,1H3. The van der Waals surface area contributed by atoms with Gasteiger partial charge >= 0.3 is 0 Å². The minimum atomic E-state index is 0.517. The summed E-state index contributed by atoms with van der Waals surface area (Å²) in [5, 5.41) is 15.6. The van der Waals surface area contributed by atoms with Gasteiger partial charge in [0, 0.05) is 12.1 Å². The highest BCUT2D eigenvalue weighted by Crippen LogP contribution is 2.16. The maximum Gasteiger partial charge on any atom is 0.136 e. The molecule has 6 heteroatoms. The molecule has 1 aliphatic rings. The molecule has 90 valence electrons. The monoisotopic (exact) mass is 233 g/mol. The third-order valence-electron chi connectivity index (χ3n) is 3.00. The predicted octanol–water partition coefficient (Wildman–Crippen LogP) is 0.994. The summed E-state index contributed by atoms with van der Waals surface area (Å²) in [4.78, 5) is 0. The molecule has 2 aromatic rings. The molecule has 0 radical (unpaired) electrons. The van der Waals surface area contributed by atoms with E-state index in [1.807, 2.05) is 23.9 Å². The summed E-state index contributed by atoms with van der Waals surface area (Å²) in [7, 11) is 0. The van der Waals surface area contributed by atoms with Crippen LogP contribution in [0.2, 0.25) is 0 Å². The van der Waals surface area contributed by atoms with Gasteiger partial charge in [-0.2, -0.15) is 0 Å². The lowest BCUT2D eigenvalue weighted by Gasteiger charge is -2.08. The third-order valence-corrected chi connectivity index (χ3v) is 3.00. The zero-order chi connectivity index (χ0) is 11.7. The second-order valence-corrected chi connectivity index (χ2v) is 4.44. The number of hydrogen-bond acceptors (Lipinski definition) is 5. The second-order valence-electron chi connectivity index (χ2n) is 4.44. The van der Waals surface area contributed by atoms with Gasteiger partial charge in [0.05, 0.1) is 12.7 Å². The van der Waals surface area contributed by atoms with Crippen molar-refractivity contribution in [2.45, 2.75) is 32.4 Å². The zero-order valence-electron chi connectivity index (χ0n) is 9.76. The van der Waals surface area contributed by atoms with E-state index < -0.39 is 0 Å². The van der Waals surface area contributed by atoms with Crippen LogP contribution in [-0.4, -0.2) is 32.7 Å². The Morgan fingerprint density at radius 2 is 2.47 bits per heavy atom. The predicted molar refractivity (Wildman–Crippen MR) is 61.3 cm³/mol.